The van der Waals surface area contributed by atoms with Gasteiger partial charge in [-0.3, -0.25) is 4.79 Å². The SMILES string of the molecule is Cc1cc(C)c(C(=O)NCCNCCN)c(C)c1. The maximum absolute atomic E-state index is 12.1. The lowest BCUT2D eigenvalue weighted by Gasteiger charge is -2.12. The molecule has 0 aliphatic rings. The van der Waals surface area contributed by atoms with Gasteiger partial charge in [0.05, 0.1) is 0 Å². The van der Waals surface area contributed by atoms with Crippen molar-refractivity contribution in [1.29, 1.82) is 0 Å². The highest BCUT2D eigenvalue weighted by molar-refractivity contribution is 5.97. The van der Waals surface area contributed by atoms with Crippen LogP contribution in [0.2, 0.25) is 0 Å². The second-order valence-corrected chi connectivity index (χ2v) is 4.57. The Hall–Kier alpha value is -1.39. The topological polar surface area (TPSA) is 67.2 Å². The first-order chi connectivity index (χ1) is 8.56. The molecule has 0 radical (unpaired) electrons. The lowest BCUT2D eigenvalue weighted by atomic mass is 9.99. The zero-order valence-electron chi connectivity index (χ0n) is 11.5. The van der Waals surface area contributed by atoms with E-state index >= 15 is 0 Å². The van der Waals surface area contributed by atoms with E-state index in [0.29, 0.717) is 13.1 Å². The number of rotatable bonds is 6. The summed E-state index contributed by atoms with van der Waals surface area (Å²) in [4.78, 5) is 12.1. The van der Waals surface area contributed by atoms with Gasteiger partial charge in [0.2, 0.25) is 0 Å². The lowest BCUT2D eigenvalue weighted by molar-refractivity contribution is 0.0953. The summed E-state index contributed by atoms with van der Waals surface area (Å²) in [5.74, 6) is -0.000418. The van der Waals surface area contributed by atoms with E-state index in [4.69, 9.17) is 5.73 Å². The van der Waals surface area contributed by atoms with Gasteiger partial charge < -0.3 is 16.4 Å². The first kappa shape index (κ1) is 14.7. The highest BCUT2D eigenvalue weighted by Crippen LogP contribution is 2.15. The summed E-state index contributed by atoms with van der Waals surface area (Å²) in [5, 5.41) is 6.06. The molecule has 100 valence electrons. The summed E-state index contributed by atoms with van der Waals surface area (Å²) in [5.41, 5.74) is 9.40. The first-order valence-corrected chi connectivity index (χ1v) is 6.33. The van der Waals surface area contributed by atoms with E-state index in [1.54, 1.807) is 0 Å². The Morgan fingerprint density at radius 2 is 1.72 bits per heavy atom. The number of benzene rings is 1. The van der Waals surface area contributed by atoms with Crippen molar-refractivity contribution >= 4 is 5.91 Å². The van der Waals surface area contributed by atoms with E-state index in [-0.39, 0.29) is 5.91 Å². The van der Waals surface area contributed by atoms with Crippen LogP contribution in [0, 0.1) is 20.8 Å². The molecule has 0 bridgehead atoms. The fourth-order valence-corrected chi connectivity index (χ4v) is 2.12. The predicted octanol–water partition coefficient (Wildman–Crippen LogP) is 0.890. The molecule has 4 heteroatoms. The third kappa shape index (κ3) is 4.13. The summed E-state index contributed by atoms with van der Waals surface area (Å²) in [6.45, 7) is 8.74. The van der Waals surface area contributed by atoms with Crippen LogP contribution in [0.5, 0.6) is 0 Å². The standard InChI is InChI=1S/C14H23N3O/c1-10-8-11(2)13(12(3)9-10)14(18)17-7-6-16-5-4-15/h8-9,16H,4-7,15H2,1-3H3,(H,17,18). The normalized spacial score (nSPS) is 10.4. The molecule has 0 aliphatic carbocycles. The summed E-state index contributed by atoms with van der Waals surface area (Å²) in [6, 6.07) is 4.07. The minimum absolute atomic E-state index is 0.000418. The monoisotopic (exact) mass is 249 g/mol. The fraction of sp³-hybridized carbons (Fsp3) is 0.500. The Labute approximate surface area is 109 Å². The van der Waals surface area contributed by atoms with Crippen LogP contribution in [-0.2, 0) is 0 Å². The molecular formula is C14H23N3O. The van der Waals surface area contributed by atoms with E-state index in [9.17, 15) is 4.79 Å². The Morgan fingerprint density at radius 1 is 1.11 bits per heavy atom. The molecule has 0 saturated heterocycles. The molecule has 4 N–H and O–H groups in total. The lowest BCUT2D eigenvalue weighted by Crippen LogP contribution is -2.34. The summed E-state index contributed by atoms with van der Waals surface area (Å²) < 4.78 is 0. The average Bonchev–Trinajstić information content (AvgIpc) is 2.27. The number of nitrogens with one attached hydrogen (secondary N) is 2. The van der Waals surface area contributed by atoms with E-state index < -0.39 is 0 Å². The van der Waals surface area contributed by atoms with Crippen molar-refractivity contribution in [3.8, 4) is 0 Å². The maximum atomic E-state index is 12.1. The smallest absolute Gasteiger partial charge is 0.251 e. The molecule has 0 atom stereocenters. The molecule has 0 unspecified atom stereocenters. The van der Waals surface area contributed by atoms with Crippen molar-refractivity contribution in [3.63, 3.8) is 0 Å². The third-order valence-corrected chi connectivity index (χ3v) is 2.81. The molecule has 0 heterocycles. The van der Waals surface area contributed by atoms with Crippen LogP contribution in [0.1, 0.15) is 27.0 Å². The van der Waals surface area contributed by atoms with E-state index in [1.807, 2.05) is 32.9 Å². The van der Waals surface area contributed by atoms with Crippen LogP contribution in [0.4, 0.5) is 0 Å². The van der Waals surface area contributed by atoms with Crippen molar-refractivity contribution in [2.24, 2.45) is 5.73 Å². The van der Waals surface area contributed by atoms with Crippen molar-refractivity contribution in [2.45, 2.75) is 20.8 Å². The minimum atomic E-state index is -0.000418. The quantitative estimate of drug-likeness (QED) is 0.656. The van der Waals surface area contributed by atoms with Gasteiger partial charge in [0.1, 0.15) is 0 Å². The Morgan fingerprint density at radius 3 is 2.28 bits per heavy atom. The van der Waals surface area contributed by atoms with Gasteiger partial charge >= 0.3 is 0 Å². The summed E-state index contributed by atoms with van der Waals surface area (Å²) >= 11 is 0. The van der Waals surface area contributed by atoms with Crippen molar-refractivity contribution in [1.82, 2.24) is 10.6 Å². The van der Waals surface area contributed by atoms with Gasteiger partial charge in [-0.1, -0.05) is 17.7 Å². The summed E-state index contributed by atoms with van der Waals surface area (Å²) in [6.07, 6.45) is 0. The number of carbonyl (C=O) groups excluding carboxylic acids is 1. The number of carbonyl (C=O) groups is 1. The van der Waals surface area contributed by atoms with Crippen molar-refractivity contribution in [2.75, 3.05) is 26.2 Å². The maximum Gasteiger partial charge on any atom is 0.251 e. The third-order valence-electron chi connectivity index (χ3n) is 2.81. The van der Waals surface area contributed by atoms with Crippen LogP contribution in [0.3, 0.4) is 0 Å². The molecule has 0 saturated carbocycles. The van der Waals surface area contributed by atoms with Gasteiger partial charge in [0.25, 0.3) is 5.91 Å². The second kappa shape index (κ2) is 7.13. The number of hydrogen-bond acceptors (Lipinski definition) is 3. The van der Waals surface area contributed by atoms with E-state index in [0.717, 1.165) is 29.8 Å². The molecule has 1 aromatic carbocycles. The van der Waals surface area contributed by atoms with Crippen LogP contribution in [0.15, 0.2) is 12.1 Å². The number of nitrogens with two attached hydrogens (primary N) is 1. The second-order valence-electron chi connectivity index (χ2n) is 4.57. The number of hydrogen-bond donors (Lipinski definition) is 3. The molecular weight excluding hydrogens is 226 g/mol. The predicted molar refractivity (Wildman–Crippen MR) is 74.9 cm³/mol. The molecule has 1 aromatic rings. The Bertz CT molecular complexity index is 392. The zero-order chi connectivity index (χ0) is 13.5. The Kier molecular flexibility index (Phi) is 5.82. The molecule has 0 aromatic heterocycles. The number of amides is 1. The van der Waals surface area contributed by atoms with Crippen molar-refractivity contribution < 1.29 is 4.79 Å². The minimum Gasteiger partial charge on any atom is -0.351 e. The molecule has 0 spiro atoms. The zero-order valence-corrected chi connectivity index (χ0v) is 11.5. The first-order valence-electron chi connectivity index (χ1n) is 6.33. The Balaban J connectivity index is 2.57. The van der Waals surface area contributed by atoms with E-state index in [2.05, 4.69) is 10.6 Å². The van der Waals surface area contributed by atoms with Gasteiger partial charge in [-0.2, -0.15) is 0 Å². The van der Waals surface area contributed by atoms with E-state index in [1.165, 1.54) is 5.56 Å². The van der Waals surface area contributed by atoms with Gasteiger partial charge in [-0.25, -0.2) is 0 Å². The van der Waals surface area contributed by atoms with Crippen LogP contribution < -0.4 is 16.4 Å². The fourth-order valence-electron chi connectivity index (χ4n) is 2.12. The van der Waals surface area contributed by atoms with Gasteiger partial charge in [0.15, 0.2) is 0 Å². The van der Waals surface area contributed by atoms with Gasteiger partial charge in [-0.05, 0) is 31.9 Å². The van der Waals surface area contributed by atoms with Crippen LogP contribution in [-0.4, -0.2) is 32.1 Å². The highest BCUT2D eigenvalue weighted by atomic mass is 16.1. The highest BCUT2D eigenvalue weighted by Gasteiger charge is 2.11. The van der Waals surface area contributed by atoms with Gasteiger partial charge in [0, 0.05) is 31.7 Å². The molecule has 4 nitrogen and oxygen atoms in total. The molecule has 0 aliphatic heterocycles. The number of aryl methyl sites for hydroxylation is 3. The van der Waals surface area contributed by atoms with Crippen LogP contribution >= 0.6 is 0 Å². The molecule has 18 heavy (non-hydrogen) atoms. The average molecular weight is 249 g/mol. The largest absolute Gasteiger partial charge is 0.351 e. The van der Waals surface area contributed by atoms with Crippen LogP contribution in [0.25, 0.3) is 0 Å². The van der Waals surface area contributed by atoms with Crippen molar-refractivity contribution in [3.05, 3.63) is 34.4 Å². The van der Waals surface area contributed by atoms with Gasteiger partial charge in [-0.15, -0.1) is 0 Å². The summed E-state index contributed by atoms with van der Waals surface area (Å²) in [7, 11) is 0. The molecule has 1 amide bonds. The molecule has 0 fully saturated rings. The molecule has 1 rings (SSSR count).